The number of primary sulfonamides is 2. The molecule has 0 saturated heterocycles. The van der Waals surface area contributed by atoms with Crippen LogP contribution < -0.4 is 21.3 Å². The van der Waals surface area contributed by atoms with Crippen LogP contribution in [0.2, 0.25) is 5.02 Å². The highest BCUT2D eigenvalue weighted by molar-refractivity contribution is 9.10. The number of nitrogen functional groups attached to an aromatic ring is 1. The average Bonchev–Trinajstić information content (AvgIpc) is 3.05. The standard InChI is InChI=1S/C16H12BrN3O4S.C9H6BrClN2O2S.C7H7NO2/c17-9-5-6-12-11(7-9)15(14(8-19-12)25(18,23)24)20-13-4-2-1-3-10(13)16(21)22;10-5-1-2-7-6(3-5)9(11)8(4-13-7)16(12,14)15;8-6-4-2-1-3-5(6)7(9)10/h1-8H,(H,19,20)(H,21,22)(H2,18,23,24);1-4H,(H2,12,14,15);1-4H,8H2,(H,9,10). The van der Waals surface area contributed by atoms with Gasteiger partial charge in [0.25, 0.3) is 0 Å². The molecule has 6 rings (SSSR count). The van der Waals surface area contributed by atoms with Crippen LogP contribution >= 0.6 is 43.5 Å². The monoisotopic (exact) mass is 878 g/mol. The maximum atomic E-state index is 12.0. The van der Waals surface area contributed by atoms with Crippen LogP contribution in [0.3, 0.4) is 0 Å². The number of para-hydroxylation sites is 2. The molecule has 0 atom stereocenters. The predicted molar refractivity (Wildman–Crippen MR) is 201 cm³/mol. The molecule has 0 bridgehead atoms. The van der Waals surface area contributed by atoms with Crippen molar-refractivity contribution in [2.75, 3.05) is 11.1 Å². The van der Waals surface area contributed by atoms with Crippen molar-refractivity contribution in [2.24, 2.45) is 10.3 Å². The number of benzene rings is 4. The molecule has 0 amide bonds. The Kier molecular flexibility index (Phi) is 12.4. The topological polar surface area (TPSA) is 259 Å². The first-order chi connectivity index (χ1) is 23.9. The lowest BCUT2D eigenvalue weighted by Gasteiger charge is -2.15. The predicted octanol–water partition coefficient (Wildman–Crippen LogP) is 6.35. The van der Waals surface area contributed by atoms with Crippen LogP contribution in [0.1, 0.15) is 20.7 Å². The van der Waals surface area contributed by atoms with Gasteiger partial charge in [-0.25, -0.2) is 36.7 Å². The van der Waals surface area contributed by atoms with Gasteiger partial charge in [0.1, 0.15) is 9.79 Å². The van der Waals surface area contributed by atoms with E-state index in [-0.39, 0.29) is 37.3 Å². The van der Waals surface area contributed by atoms with Gasteiger partial charge in [0.15, 0.2) is 0 Å². The number of nitrogens with two attached hydrogens (primary N) is 3. The maximum absolute atomic E-state index is 12.0. The van der Waals surface area contributed by atoms with Crippen LogP contribution in [-0.4, -0.2) is 49.0 Å². The molecule has 14 nitrogen and oxygen atoms in total. The molecule has 264 valence electrons. The minimum Gasteiger partial charge on any atom is -0.478 e. The van der Waals surface area contributed by atoms with Crippen molar-refractivity contribution in [3.05, 3.63) is 122 Å². The van der Waals surface area contributed by atoms with Gasteiger partial charge in [-0.1, -0.05) is 67.7 Å². The second kappa shape index (κ2) is 16.1. The van der Waals surface area contributed by atoms with Crippen LogP contribution in [0.5, 0.6) is 0 Å². The highest BCUT2D eigenvalue weighted by Crippen LogP contribution is 2.34. The summed E-state index contributed by atoms with van der Waals surface area (Å²) in [5.74, 6) is -2.13. The molecular formula is C32H25Br2ClN6O8S2. The Morgan fingerprint density at radius 2 is 1.16 bits per heavy atom. The number of anilines is 3. The summed E-state index contributed by atoms with van der Waals surface area (Å²) in [6.07, 6.45) is 2.31. The molecule has 19 heteroatoms. The largest absolute Gasteiger partial charge is 0.478 e. The van der Waals surface area contributed by atoms with Gasteiger partial charge in [-0.3, -0.25) is 9.97 Å². The van der Waals surface area contributed by atoms with E-state index in [0.717, 1.165) is 16.9 Å². The van der Waals surface area contributed by atoms with Crippen molar-refractivity contribution in [3.63, 3.8) is 0 Å². The van der Waals surface area contributed by atoms with E-state index >= 15 is 0 Å². The number of aromatic carboxylic acids is 2. The van der Waals surface area contributed by atoms with Crippen LogP contribution in [0, 0.1) is 0 Å². The van der Waals surface area contributed by atoms with E-state index in [2.05, 4.69) is 47.1 Å². The number of hydrogen-bond donors (Lipinski definition) is 6. The van der Waals surface area contributed by atoms with Gasteiger partial charge in [0.05, 0.1) is 38.6 Å². The summed E-state index contributed by atoms with van der Waals surface area (Å²) < 4.78 is 47.9. The molecule has 0 saturated carbocycles. The lowest BCUT2D eigenvalue weighted by Crippen LogP contribution is -2.15. The zero-order chi connectivity index (χ0) is 37.7. The third-order valence-electron chi connectivity index (χ3n) is 6.75. The number of fused-ring (bicyclic) bond motifs is 2. The molecule has 0 aliphatic carbocycles. The molecule has 2 heterocycles. The molecule has 0 spiro atoms. The van der Waals surface area contributed by atoms with Crippen molar-refractivity contribution >= 4 is 114 Å². The number of nitrogens with one attached hydrogen (secondary N) is 1. The summed E-state index contributed by atoms with van der Waals surface area (Å²) in [6, 6.07) is 22.9. The van der Waals surface area contributed by atoms with Gasteiger partial charge in [0.2, 0.25) is 20.0 Å². The van der Waals surface area contributed by atoms with E-state index in [0.29, 0.717) is 32.0 Å². The molecule has 9 N–H and O–H groups in total. The molecular weight excluding hydrogens is 856 g/mol. The van der Waals surface area contributed by atoms with Gasteiger partial charge in [0, 0.05) is 37.8 Å². The Bertz CT molecular complexity index is 2540. The smallest absolute Gasteiger partial charge is 0.337 e. The molecule has 6 aromatic rings. The minimum atomic E-state index is -4.08. The summed E-state index contributed by atoms with van der Waals surface area (Å²) in [5.41, 5.74) is 7.36. The van der Waals surface area contributed by atoms with Crippen LogP contribution in [0.4, 0.5) is 17.1 Å². The molecule has 0 aliphatic rings. The SMILES string of the molecule is NS(=O)(=O)c1cnc2ccc(Br)cc2c1Cl.NS(=O)(=O)c1cnc2ccc(Br)cc2c1Nc1ccccc1C(=O)O.Nc1ccccc1C(=O)O. The highest BCUT2D eigenvalue weighted by Gasteiger charge is 2.20. The number of nitrogens with zero attached hydrogens (tertiary/aromatic N) is 2. The minimum absolute atomic E-state index is 0.00262. The van der Waals surface area contributed by atoms with E-state index in [1.807, 2.05) is 0 Å². The Morgan fingerprint density at radius 3 is 1.67 bits per heavy atom. The van der Waals surface area contributed by atoms with E-state index in [1.54, 1.807) is 72.8 Å². The Labute approximate surface area is 312 Å². The Hall–Kier alpha value is -4.69. The van der Waals surface area contributed by atoms with Crippen molar-refractivity contribution < 1.29 is 36.6 Å². The Morgan fingerprint density at radius 1 is 0.686 bits per heavy atom. The van der Waals surface area contributed by atoms with E-state index in [9.17, 15) is 31.5 Å². The number of carboxylic acids is 2. The van der Waals surface area contributed by atoms with Gasteiger partial charge >= 0.3 is 11.9 Å². The number of pyridine rings is 2. The number of rotatable bonds is 6. The first-order valence-electron chi connectivity index (χ1n) is 13.9. The van der Waals surface area contributed by atoms with E-state index in [1.165, 1.54) is 12.1 Å². The lowest BCUT2D eigenvalue weighted by molar-refractivity contribution is 0.0687. The fourth-order valence-corrected chi connectivity index (χ4v) is 6.86. The lowest BCUT2D eigenvalue weighted by atomic mass is 10.1. The third-order valence-corrected chi connectivity index (χ3v) is 10.1. The summed E-state index contributed by atoms with van der Waals surface area (Å²) >= 11 is 12.6. The highest BCUT2D eigenvalue weighted by atomic mass is 79.9. The van der Waals surface area contributed by atoms with Gasteiger partial charge in [-0.2, -0.15) is 0 Å². The quantitative estimate of drug-likeness (QED) is 0.100. The molecule has 2 aromatic heterocycles. The van der Waals surface area contributed by atoms with Crippen LogP contribution in [0.25, 0.3) is 21.8 Å². The number of carbonyl (C=O) groups is 2. The van der Waals surface area contributed by atoms with Gasteiger partial charge in [-0.05, 0) is 60.7 Å². The van der Waals surface area contributed by atoms with Crippen molar-refractivity contribution in [1.29, 1.82) is 0 Å². The number of aromatic nitrogens is 2. The molecule has 4 aromatic carbocycles. The fourth-order valence-electron chi connectivity index (χ4n) is 4.41. The first kappa shape index (κ1) is 39.1. The second-order valence-corrected chi connectivity index (χ2v) is 15.5. The number of hydrogen-bond acceptors (Lipinski definition) is 10. The van der Waals surface area contributed by atoms with E-state index < -0.39 is 32.0 Å². The number of sulfonamides is 2. The third kappa shape index (κ3) is 9.76. The van der Waals surface area contributed by atoms with Crippen LogP contribution in [0.15, 0.2) is 116 Å². The molecule has 0 radical (unpaired) electrons. The number of halogens is 3. The molecule has 0 fully saturated rings. The summed E-state index contributed by atoms with van der Waals surface area (Å²) in [5, 5.41) is 32.2. The summed E-state index contributed by atoms with van der Waals surface area (Å²) in [7, 11) is -7.93. The summed E-state index contributed by atoms with van der Waals surface area (Å²) in [6.45, 7) is 0. The maximum Gasteiger partial charge on any atom is 0.337 e. The molecule has 51 heavy (non-hydrogen) atoms. The zero-order valence-corrected chi connectivity index (χ0v) is 31.2. The van der Waals surface area contributed by atoms with Crippen molar-refractivity contribution in [3.8, 4) is 0 Å². The second-order valence-electron chi connectivity index (χ2n) is 10.2. The van der Waals surface area contributed by atoms with Gasteiger partial charge < -0.3 is 21.3 Å². The van der Waals surface area contributed by atoms with E-state index in [4.69, 9.17) is 32.7 Å². The zero-order valence-electron chi connectivity index (χ0n) is 25.7. The normalized spacial score (nSPS) is 11.2. The fraction of sp³-hybridized carbons (Fsp3) is 0. The first-order valence-corrected chi connectivity index (χ1v) is 19.0. The van der Waals surface area contributed by atoms with Crippen LogP contribution in [-0.2, 0) is 20.0 Å². The number of carboxylic acid groups (broad SMARTS) is 2. The van der Waals surface area contributed by atoms with Gasteiger partial charge in [-0.15, -0.1) is 0 Å². The molecule has 0 unspecified atom stereocenters. The molecule has 0 aliphatic heterocycles. The summed E-state index contributed by atoms with van der Waals surface area (Å²) in [4.78, 5) is 29.5. The average molecular weight is 881 g/mol. The van der Waals surface area contributed by atoms with Crippen molar-refractivity contribution in [1.82, 2.24) is 9.97 Å². The Balaban J connectivity index is 0.000000191. The van der Waals surface area contributed by atoms with Crippen molar-refractivity contribution in [2.45, 2.75) is 9.79 Å².